The third-order valence-electron chi connectivity index (χ3n) is 1.51. The highest BCUT2D eigenvalue weighted by atomic mass is 19.4. The average molecular weight is 210 g/mol. The predicted molar refractivity (Wildman–Crippen MR) is 40.8 cm³/mol. The topological polar surface area (TPSA) is 35.5 Å². The molecule has 1 atom stereocenters. The summed E-state index contributed by atoms with van der Waals surface area (Å²) in [4.78, 5) is 18.0. The van der Waals surface area contributed by atoms with Gasteiger partial charge in [-0.05, 0) is 13.3 Å². The number of hydrogen-bond acceptors (Lipinski definition) is 3. The van der Waals surface area contributed by atoms with Crippen LogP contribution in [-0.2, 0) is 14.6 Å². The third-order valence-corrected chi connectivity index (χ3v) is 1.51. The van der Waals surface area contributed by atoms with Crippen LogP contribution in [0.25, 0.3) is 0 Å². The van der Waals surface area contributed by atoms with E-state index in [0.717, 1.165) is 0 Å². The molecule has 80 valence electrons. The largest absolute Gasteiger partial charge is 0.494 e. The molecule has 0 aliphatic carbocycles. The Balaban J connectivity index is 4.21. The van der Waals surface area contributed by atoms with Crippen molar-refractivity contribution in [2.24, 2.45) is 0 Å². The van der Waals surface area contributed by atoms with Gasteiger partial charge in [-0.2, -0.15) is 18.1 Å². The number of carbonyl (C=O) groups excluding carboxylic acids is 1. The maximum Gasteiger partial charge on any atom is 0.494 e. The minimum absolute atomic E-state index is 0.217. The monoisotopic (exact) mass is 210 g/mol. The molecule has 0 aromatic heterocycles. The molecule has 0 aliphatic rings. The van der Waals surface area contributed by atoms with Gasteiger partial charge in [0.1, 0.15) is 0 Å². The van der Waals surface area contributed by atoms with E-state index in [9.17, 15) is 18.0 Å². The smallest absolute Gasteiger partial charge is 0.286 e. The van der Waals surface area contributed by atoms with E-state index in [4.69, 9.17) is 6.42 Å². The fourth-order valence-corrected chi connectivity index (χ4v) is 0.362. The normalized spacial score (nSPS) is 15.4. The minimum Gasteiger partial charge on any atom is -0.286 e. The van der Waals surface area contributed by atoms with Crippen molar-refractivity contribution in [3.05, 3.63) is 0 Å². The standard InChI is InChI=1S/C8H9F3O3/c1-4-7(3,5-2)14-13-6(12)8(9,10)11/h1H,5H2,2-3H3. The van der Waals surface area contributed by atoms with Gasteiger partial charge in [0.15, 0.2) is 5.60 Å². The molecular weight excluding hydrogens is 201 g/mol. The van der Waals surface area contributed by atoms with E-state index in [1.807, 2.05) is 0 Å². The van der Waals surface area contributed by atoms with E-state index in [1.54, 1.807) is 6.92 Å². The number of carbonyl (C=O) groups is 1. The maximum atomic E-state index is 11.6. The van der Waals surface area contributed by atoms with Crippen LogP contribution >= 0.6 is 0 Å². The average Bonchev–Trinajstić information content (AvgIpc) is 2.12. The highest BCUT2D eigenvalue weighted by Gasteiger charge is 2.43. The van der Waals surface area contributed by atoms with E-state index in [2.05, 4.69) is 15.7 Å². The molecule has 0 N–H and O–H groups in total. The number of halogens is 3. The second kappa shape index (κ2) is 4.33. The van der Waals surface area contributed by atoms with E-state index in [1.165, 1.54) is 6.92 Å². The van der Waals surface area contributed by atoms with Crippen LogP contribution in [0.15, 0.2) is 0 Å². The van der Waals surface area contributed by atoms with Crippen LogP contribution in [0.2, 0.25) is 0 Å². The Morgan fingerprint density at radius 1 is 1.50 bits per heavy atom. The summed E-state index contributed by atoms with van der Waals surface area (Å²) in [6.07, 6.45) is 0.102. The lowest BCUT2D eigenvalue weighted by atomic mass is 10.1. The van der Waals surface area contributed by atoms with Gasteiger partial charge < -0.3 is 0 Å². The molecule has 0 rings (SSSR count). The van der Waals surface area contributed by atoms with Gasteiger partial charge in [-0.3, -0.25) is 4.89 Å². The Morgan fingerprint density at radius 3 is 2.29 bits per heavy atom. The van der Waals surface area contributed by atoms with Crippen molar-refractivity contribution >= 4 is 5.97 Å². The Bertz CT molecular complexity index is 254. The first kappa shape index (κ1) is 12.8. The van der Waals surface area contributed by atoms with Crippen LogP contribution < -0.4 is 0 Å². The molecule has 0 aliphatic heterocycles. The Kier molecular flexibility index (Phi) is 3.95. The summed E-state index contributed by atoms with van der Waals surface area (Å²) < 4.78 is 34.9. The fourth-order valence-electron chi connectivity index (χ4n) is 0.362. The van der Waals surface area contributed by atoms with Crippen molar-refractivity contribution in [1.29, 1.82) is 0 Å². The Labute approximate surface area is 79.1 Å². The highest BCUT2D eigenvalue weighted by molar-refractivity contribution is 5.74. The van der Waals surface area contributed by atoms with Gasteiger partial charge in [0, 0.05) is 0 Å². The predicted octanol–water partition coefficient (Wildman–Crippen LogP) is 1.83. The summed E-state index contributed by atoms with van der Waals surface area (Å²) in [5.41, 5.74) is -1.33. The molecule has 0 aromatic carbocycles. The highest BCUT2D eigenvalue weighted by Crippen LogP contribution is 2.20. The van der Waals surface area contributed by atoms with E-state index in [-0.39, 0.29) is 6.42 Å². The van der Waals surface area contributed by atoms with Crippen LogP contribution in [0, 0.1) is 12.3 Å². The SMILES string of the molecule is C#CC(C)(CC)OOC(=O)C(F)(F)F. The van der Waals surface area contributed by atoms with Crippen molar-refractivity contribution in [1.82, 2.24) is 0 Å². The summed E-state index contributed by atoms with van der Waals surface area (Å²) in [6.45, 7) is 2.91. The molecule has 0 heterocycles. The number of alkyl halides is 3. The van der Waals surface area contributed by atoms with Gasteiger partial charge in [-0.25, -0.2) is 4.79 Å². The Morgan fingerprint density at radius 2 is 2.00 bits per heavy atom. The van der Waals surface area contributed by atoms with Crippen LogP contribution in [-0.4, -0.2) is 17.7 Å². The first-order chi connectivity index (χ1) is 6.25. The summed E-state index contributed by atoms with van der Waals surface area (Å²) in [7, 11) is 0. The van der Waals surface area contributed by atoms with Gasteiger partial charge >= 0.3 is 12.1 Å². The Hall–Kier alpha value is -1.22. The first-order valence-corrected chi connectivity index (χ1v) is 3.70. The van der Waals surface area contributed by atoms with Crippen molar-refractivity contribution in [3.8, 4) is 12.3 Å². The molecule has 1 unspecified atom stereocenters. The number of hydrogen-bond donors (Lipinski definition) is 0. The zero-order valence-electron chi connectivity index (χ0n) is 7.64. The zero-order chi connectivity index (χ0) is 11.4. The molecule has 0 radical (unpaired) electrons. The molecule has 0 spiro atoms. The lowest BCUT2D eigenvalue weighted by Gasteiger charge is -2.19. The molecule has 0 saturated heterocycles. The van der Waals surface area contributed by atoms with Crippen molar-refractivity contribution in [3.63, 3.8) is 0 Å². The van der Waals surface area contributed by atoms with Crippen LogP contribution in [0.3, 0.4) is 0 Å². The lowest BCUT2D eigenvalue weighted by molar-refractivity contribution is -0.334. The van der Waals surface area contributed by atoms with Crippen LogP contribution in [0.1, 0.15) is 20.3 Å². The zero-order valence-corrected chi connectivity index (χ0v) is 7.64. The fraction of sp³-hybridized carbons (Fsp3) is 0.625. The maximum absolute atomic E-state index is 11.6. The molecule has 3 nitrogen and oxygen atoms in total. The first-order valence-electron chi connectivity index (χ1n) is 3.70. The van der Waals surface area contributed by atoms with Crippen LogP contribution in [0.4, 0.5) is 13.2 Å². The van der Waals surface area contributed by atoms with E-state index < -0.39 is 17.7 Å². The molecular formula is C8H9F3O3. The molecule has 14 heavy (non-hydrogen) atoms. The molecule has 0 bridgehead atoms. The minimum atomic E-state index is -5.08. The van der Waals surface area contributed by atoms with Gasteiger partial charge in [-0.15, -0.1) is 6.42 Å². The van der Waals surface area contributed by atoms with Crippen molar-refractivity contribution < 1.29 is 27.7 Å². The second-order valence-electron chi connectivity index (χ2n) is 2.68. The second-order valence-corrected chi connectivity index (χ2v) is 2.68. The van der Waals surface area contributed by atoms with Crippen LogP contribution in [0.5, 0.6) is 0 Å². The third kappa shape index (κ3) is 3.66. The van der Waals surface area contributed by atoms with E-state index >= 15 is 0 Å². The molecule has 0 saturated carbocycles. The van der Waals surface area contributed by atoms with Crippen molar-refractivity contribution in [2.75, 3.05) is 0 Å². The quantitative estimate of drug-likeness (QED) is 0.405. The molecule has 0 fully saturated rings. The summed E-state index contributed by atoms with van der Waals surface area (Å²) in [6, 6.07) is 0. The van der Waals surface area contributed by atoms with Gasteiger partial charge in [0.2, 0.25) is 0 Å². The van der Waals surface area contributed by atoms with Gasteiger partial charge in [0.05, 0.1) is 0 Å². The molecule has 0 aromatic rings. The number of terminal acetylenes is 1. The molecule has 6 heteroatoms. The van der Waals surface area contributed by atoms with Crippen molar-refractivity contribution in [2.45, 2.75) is 32.0 Å². The summed E-state index contributed by atoms with van der Waals surface area (Å²) >= 11 is 0. The van der Waals surface area contributed by atoms with Gasteiger partial charge in [0.25, 0.3) is 0 Å². The lowest BCUT2D eigenvalue weighted by Crippen LogP contribution is -2.32. The summed E-state index contributed by atoms with van der Waals surface area (Å²) in [5.74, 6) is -0.356. The summed E-state index contributed by atoms with van der Waals surface area (Å²) in [5, 5.41) is 0. The van der Waals surface area contributed by atoms with Gasteiger partial charge in [-0.1, -0.05) is 12.8 Å². The van der Waals surface area contributed by atoms with E-state index in [0.29, 0.717) is 0 Å². The number of rotatable bonds is 3. The molecule has 0 amide bonds.